The predicted octanol–water partition coefficient (Wildman–Crippen LogP) is 3.81. The Morgan fingerprint density at radius 1 is 1.23 bits per heavy atom. The molecule has 1 fully saturated rings. The lowest BCUT2D eigenvalue weighted by Gasteiger charge is -2.33. The summed E-state index contributed by atoms with van der Waals surface area (Å²) in [6.07, 6.45) is 1.24. The van der Waals surface area contributed by atoms with Gasteiger partial charge >= 0.3 is 0 Å². The average molecular weight is 467 g/mol. The highest BCUT2D eigenvalue weighted by Gasteiger charge is 2.35. The molecular weight excluding hydrogens is 440 g/mol. The summed E-state index contributed by atoms with van der Waals surface area (Å²) in [4.78, 5) is 14.7. The molecule has 3 rings (SSSR count). The summed E-state index contributed by atoms with van der Waals surface area (Å²) < 4.78 is 38.3. The number of methoxy groups -OCH3 is 1. The van der Waals surface area contributed by atoms with Gasteiger partial charge in [-0.1, -0.05) is 11.6 Å². The first-order valence-corrected chi connectivity index (χ1v) is 11.9. The standard InChI is InChI=1S/C22H27ClN2O5S/c1-4-30-21-12-11-19(14-20(21)23)31(27,28)25-13-5-6-16(15-25)22(26)24(2)17-7-9-18(29-3)10-8-17/h7-12,14,16H,4-6,13,15H2,1-3H3/t16-/m0/s1. The van der Waals surface area contributed by atoms with Crippen LogP contribution in [0.4, 0.5) is 5.69 Å². The van der Waals surface area contributed by atoms with Gasteiger partial charge in [0.2, 0.25) is 15.9 Å². The zero-order chi connectivity index (χ0) is 22.6. The second kappa shape index (κ2) is 9.89. The zero-order valence-electron chi connectivity index (χ0n) is 17.9. The number of carbonyl (C=O) groups excluding carboxylic acids is 1. The fraction of sp³-hybridized carbons (Fsp3) is 0.409. The number of amides is 1. The Bertz CT molecular complexity index is 1030. The average Bonchev–Trinajstić information content (AvgIpc) is 2.79. The van der Waals surface area contributed by atoms with Crippen LogP contribution in [0.1, 0.15) is 19.8 Å². The number of rotatable bonds is 7. The quantitative estimate of drug-likeness (QED) is 0.620. The van der Waals surface area contributed by atoms with Crippen LogP contribution in [-0.2, 0) is 14.8 Å². The number of halogens is 1. The maximum absolute atomic E-state index is 13.2. The molecule has 1 amide bonds. The number of carbonyl (C=O) groups is 1. The van der Waals surface area contributed by atoms with Crippen LogP contribution in [0.3, 0.4) is 0 Å². The molecule has 0 bridgehead atoms. The fourth-order valence-electron chi connectivity index (χ4n) is 3.63. The number of ether oxygens (including phenoxy) is 2. The molecule has 0 N–H and O–H groups in total. The molecule has 1 heterocycles. The predicted molar refractivity (Wildman–Crippen MR) is 121 cm³/mol. The van der Waals surface area contributed by atoms with Gasteiger partial charge in [-0.05, 0) is 62.2 Å². The minimum Gasteiger partial charge on any atom is -0.497 e. The molecule has 168 valence electrons. The van der Waals surface area contributed by atoms with Gasteiger partial charge in [-0.3, -0.25) is 4.79 Å². The van der Waals surface area contributed by atoms with Crippen LogP contribution in [0.25, 0.3) is 0 Å². The maximum atomic E-state index is 13.2. The summed E-state index contributed by atoms with van der Waals surface area (Å²) in [6, 6.07) is 11.6. The third kappa shape index (κ3) is 5.14. The minimum absolute atomic E-state index is 0.0950. The first-order chi connectivity index (χ1) is 14.8. The van der Waals surface area contributed by atoms with E-state index in [0.717, 1.165) is 5.69 Å². The van der Waals surface area contributed by atoms with Gasteiger partial charge in [0.05, 0.1) is 29.6 Å². The Labute approximate surface area is 188 Å². The van der Waals surface area contributed by atoms with E-state index in [1.807, 2.05) is 6.92 Å². The first kappa shape index (κ1) is 23.4. The number of hydrogen-bond acceptors (Lipinski definition) is 5. The van der Waals surface area contributed by atoms with Gasteiger partial charge in [-0.15, -0.1) is 0 Å². The molecule has 31 heavy (non-hydrogen) atoms. The van der Waals surface area contributed by atoms with Crippen molar-refractivity contribution in [2.45, 2.75) is 24.7 Å². The molecule has 2 aromatic carbocycles. The van der Waals surface area contributed by atoms with Crippen LogP contribution in [0.15, 0.2) is 47.4 Å². The van der Waals surface area contributed by atoms with Crippen LogP contribution in [0.2, 0.25) is 5.02 Å². The Balaban J connectivity index is 1.75. The van der Waals surface area contributed by atoms with Gasteiger partial charge in [0, 0.05) is 25.8 Å². The molecule has 0 aliphatic carbocycles. The smallest absolute Gasteiger partial charge is 0.243 e. The van der Waals surface area contributed by atoms with E-state index in [4.69, 9.17) is 21.1 Å². The van der Waals surface area contributed by atoms with Crippen molar-refractivity contribution in [2.24, 2.45) is 5.92 Å². The SMILES string of the molecule is CCOc1ccc(S(=O)(=O)N2CCC[C@H](C(=O)N(C)c3ccc(OC)cc3)C2)cc1Cl. The summed E-state index contributed by atoms with van der Waals surface area (Å²) in [6.45, 7) is 2.76. The normalized spacial score (nSPS) is 17.2. The van der Waals surface area contributed by atoms with E-state index in [2.05, 4.69) is 0 Å². The molecular formula is C22H27ClN2O5S. The Morgan fingerprint density at radius 3 is 2.55 bits per heavy atom. The molecule has 0 radical (unpaired) electrons. The summed E-state index contributed by atoms with van der Waals surface area (Å²) in [5, 5.41) is 0.242. The van der Waals surface area contributed by atoms with Gasteiger partial charge in [-0.25, -0.2) is 8.42 Å². The van der Waals surface area contributed by atoms with Gasteiger partial charge < -0.3 is 14.4 Å². The number of benzene rings is 2. The van der Waals surface area contributed by atoms with E-state index < -0.39 is 15.9 Å². The Kier molecular flexibility index (Phi) is 7.46. The third-order valence-corrected chi connectivity index (χ3v) is 7.52. The van der Waals surface area contributed by atoms with E-state index in [-0.39, 0.29) is 22.4 Å². The molecule has 1 saturated heterocycles. The molecule has 0 spiro atoms. The number of hydrogen-bond donors (Lipinski definition) is 0. The largest absolute Gasteiger partial charge is 0.497 e. The zero-order valence-corrected chi connectivity index (χ0v) is 19.4. The lowest BCUT2D eigenvalue weighted by molar-refractivity contribution is -0.123. The Morgan fingerprint density at radius 2 is 1.94 bits per heavy atom. The van der Waals surface area contributed by atoms with E-state index >= 15 is 0 Å². The van der Waals surface area contributed by atoms with E-state index in [1.54, 1.807) is 49.4 Å². The van der Waals surface area contributed by atoms with Crippen LogP contribution in [-0.4, -0.2) is 52.5 Å². The van der Waals surface area contributed by atoms with Crippen molar-refractivity contribution in [1.82, 2.24) is 4.31 Å². The summed E-state index contributed by atoms with van der Waals surface area (Å²) in [7, 11) is -0.496. The molecule has 0 aromatic heterocycles. The van der Waals surface area contributed by atoms with E-state index in [1.165, 1.54) is 16.4 Å². The lowest BCUT2D eigenvalue weighted by atomic mass is 9.98. The summed E-state index contributed by atoms with van der Waals surface area (Å²) in [5.41, 5.74) is 0.726. The number of sulfonamides is 1. The van der Waals surface area contributed by atoms with Crippen LogP contribution in [0, 0.1) is 5.92 Å². The fourth-order valence-corrected chi connectivity index (χ4v) is 5.48. The molecule has 0 saturated carbocycles. The number of piperidine rings is 1. The molecule has 1 atom stereocenters. The van der Waals surface area contributed by atoms with Crippen LogP contribution in [0.5, 0.6) is 11.5 Å². The molecule has 0 unspecified atom stereocenters. The highest BCUT2D eigenvalue weighted by molar-refractivity contribution is 7.89. The van der Waals surface area contributed by atoms with Crippen molar-refractivity contribution in [3.8, 4) is 11.5 Å². The summed E-state index contributed by atoms with van der Waals surface area (Å²) in [5.74, 6) is 0.605. The third-order valence-electron chi connectivity index (χ3n) is 5.36. The molecule has 1 aliphatic rings. The lowest BCUT2D eigenvalue weighted by Crippen LogP contribution is -2.45. The highest BCUT2D eigenvalue weighted by Crippen LogP contribution is 2.31. The van der Waals surface area contributed by atoms with Crippen molar-refractivity contribution in [1.29, 1.82) is 0 Å². The van der Waals surface area contributed by atoms with Crippen molar-refractivity contribution >= 4 is 33.2 Å². The van der Waals surface area contributed by atoms with Crippen molar-refractivity contribution in [3.05, 3.63) is 47.5 Å². The molecule has 2 aromatic rings. The first-order valence-electron chi connectivity index (χ1n) is 10.1. The minimum atomic E-state index is -3.78. The monoisotopic (exact) mass is 466 g/mol. The second-order valence-electron chi connectivity index (χ2n) is 7.32. The Hall–Kier alpha value is -2.29. The topological polar surface area (TPSA) is 76.2 Å². The van der Waals surface area contributed by atoms with Crippen molar-refractivity contribution in [3.63, 3.8) is 0 Å². The van der Waals surface area contributed by atoms with Crippen LogP contribution < -0.4 is 14.4 Å². The molecule has 1 aliphatic heterocycles. The maximum Gasteiger partial charge on any atom is 0.243 e. The van der Waals surface area contributed by atoms with Gasteiger partial charge in [0.15, 0.2) is 0 Å². The highest BCUT2D eigenvalue weighted by atomic mass is 35.5. The van der Waals surface area contributed by atoms with Gasteiger partial charge in [-0.2, -0.15) is 4.31 Å². The van der Waals surface area contributed by atoms with Crippen molar-refractivity contribution in [2.75, 3.05) is 38.8 Å². The van der Waals surface area contributed by atoms with Crippen molar-refractivity contribution < 1.29 is 22.7 Å². The summed E-state index contributed by atoms with van der Waals surface area (Å²) >= 11 is 6.19. The van der Waals surface area contributed by atoms with E-state index in [0.29, 0.717) is 37.5 Å². The van der Waals surface area contributed by atoms with Crippen LogP contribution >= 0.6 is 11.6 Å². The van der Waals surface area contributed by atoms with Gasteiger partial charge in [0.25, 0.3) is 0 Å². The number of nitrogens with zero attached hydrogens (tertiary/aromatic N) is 2. The second-order valence-corrected chi connectivity index (χ2v) is 9.67. The molecule has 9 heteroatoms. The number of anilines is 1. The van der Waals surface area contributed by atoms with Gasteiger partial charge in [0.1, 0.15) is 11.5 Å². The van der Waals surface area contributed by atoms with E-state index in [9.17, 15) is 13.2 Å². The molecule has 7 nitrogen and oxygen atoms in total.